The van der Waals surface area contributed by atoms with Gasteiger partial charge in [-0.2, -0.15) is 0 Å². The molecule has 18 heavy (non-hydrogen) atoms. The van der Waals surface area contributed by atoms with E-state index in [2.05, 4.69) is 32.1 Å². The first-order chi connectivity index (χ1) is 8.24. The molecular weight excluding hydrogens is 260 g/mol. The smallest absolute Gasteiger partial charge is 0.0985 e. The van der Waals surface area contributed by atoms with Crippen LogP contribution in [0.4, 0.5) is 0 Å². The molecule has 0 unspecified atom stereocenters. The van der Waals surface area contributed by atoms with E-state index in [-0.39, 0.29) is 17.1 Å². The zero-order valence-corrected chi connectivity index (χ0v) is 11.7. The van der Waals surface area contributed by atoms with E-state index in [4.69, 9.17) is 0 Å². The average Bonchev–Trinajstić information content (AvgIpc) is 3.01. The quantitative estimate of drug-likeness (QED) is 0.538. The van der Waals surface area contributed by atoms with Crippen LogP contribution < -0.4 is 0 Å². The Morgan fingerprint density at radius 3 is 1.72 bits per heavy atom. The van der Waals surface area contributed by atoms with Crippen molar-refractivity contribution in [2.75, 3.05) is 0 Å². The van der Waals surface area contributed by atoms with E-state index in [0.29, 0.717) is 0 Å². The summed E-state index contributed by atoms with van der Waals surface area (Å²) in [6, 6.07) is 0. The molecule has 2 fully saturated rings. The van der Waals surface area contributed by atoms with Gasteiger partial charge in [-0.25, -0.2) is 0 Å². The predicted octanol–water partition coefficient (Wildman–Crippen LogP) is 4.10. The normalized spacial score (nSPS) is 19.7. The minimum atomic E-state index is 0. The largest absolute Gasteiger partial charge is 2.00 e. The van der Waals surface area contributed by atoms with Crippen molar-refractivity contribution in [2.45, 2.75) is 6.92 Å². The first kappa shape index (κ1) is 17.7. The van der Waals surface area contributed by atoms with Gasteiger partial charge in [0.05, 0.1) is 0 Å². The topological polar surface area (TPSA) is 0 Å². The summed E-state index contributed by atoms with van der Waals surface area (Å²) in [5.41, 5.74) is 2.15. The molecule has 0 nitrogen and oxygen atoms in total. The van der Waals surface area contributed by atoms with Crippen molar-refractivity contribution in [1.29, 1.82) is 0 Å². The van der Waals surface area contributed by atoms with Crippen LogP contribution in [-0.4, -0.2) is 0 Å². The first-order valence-corrected chi connectivity index (χ1v) is 5.62. The van der Waals surface area contributed by atoms with Crippen molar-refractivity contribution in [1.82, 2.24) is 0 Å². The molecule has 0 aromatic rings. The van der Waals surface area contributed by atoms with Gasteiger partial charge in [0.1, 0.15) is 0 Å². The van der Waals surface area contributed by atoms with Crippen molar-refractivity contribution in [2.24, 2.45) is 0 Å². The summed E-state index contributed by atoms with van der Waals surface area (Å²) in [6.45, 7) is 9.58. The summed E-state index contributed by atoms with van der Waals surface area (Å²) < 4.78 is 0. The van der Waals surface area contributed by atoms with Crippen molar-refractivity contribution < 1.29 is 17.1 Å². The molecule has 2 saturated carbocycles. The summed E-state index contributed by atoms with van der Waals surface area (Å²) in [5, 5.41) is 0. The van der Waals surface area contributed by atoms with E-state index in [0.717, 1.165) is 11.1 Å². The van der Waals surface area contributed by atoms with Crippen molar-refractivity contribution >= 4 is 0 Å². The van der Waals surface area contributed by atoms with E-state index < -0.39 is 0 Å². The van der Waals surface area contributed by atoms with E-state index >= 15 is 0 Å². The fourth-order valence-corrected chi connectivity index (χ4v) is 1.34. The van der Waals surface area contributed by atoms with Gasteiger partial charge in [0, 0.05) is 5.92 Å². The molecule has 92 valence electrons. The van der Waals surface area contributed by atoms with Crippen LogP contribution in [0.3, 0.4) is 0 Å². The van der Waals surface area contributed by atoms with Gasteiger partial charge in [0.25, 0.3) is 0 Å². The van der Waals surface area contributed by atoms with Gasteiger partial charge in [-0.3, -0.25) is 0 Å². The summed E-state index contributed by atoms with van der Waals surface area (Å²) >= 11 is 0. The first-order valence-electron chi connectivity index (χ1n) is 5.62. The van der Waals surface area contributed by atoms with Crippen molar-refractivity contribution in [3.63, 3.8) is 0 Å². The van der Waals surface area contributed by atoms with E-state index in [1.165, 1.54) is 5.92 Å². The minimum Gasteiger partial charge on any atom is -0.0985 e. The number of rotatable bonds is 3. The Balaban J connectivity index is 0.000000405. The summed E-state index contributed by atoms with van der Waals surface area (Å²) in [7, 11) is 0. The van der Waals surface area contributed by atoms with Crippen LogP contribution in [0.15, 0.2) is 36.5 Å². The van der Waals surface area contributed by atoms with Crippen LogP contribution in [0.5, 0.6) is 0 Å². The SMILES string of the molecule is C=C/C(=C/[C]1[CH][CH][CH][CH]1)C(=C)C.[CH]1[CH][CH][CH][CH]1.[Fe+2]. The Kier molecular flexibility index (Phi) is 10.5. The molecule has 0 spiro atoms. The maximum absolute atomic E-state index is 3.87. The number of hydrogen-bond acceptors (Lipinski definition) is 0. The van der Waals surface area contributed by atoms with Crippen molar-refractivity contribution in [3.05, 3.63) is 100 Å². The zero-order valence-electron chi connectivity index (χ0n) is 10.6. The maximum Gasteiger partial charge on any atom is 2.00 e. The standard InChI is InChI=1S/C12H13.C5H5.Fe/c1-4-12(10(2)3)9-11-7-5-6-8-11;1-2-4-5-3-1;/h4-9H,1-2H2,3H3;1-5H;/q;;+2/b12-9-;;. The number of hydrogen-bond donors (Lipinski definition) is 0. The Bertz CT molecular complexity index is 258. The van der Waals surface area contributed by atoms with Gasteiger partial charge < -0.3 is 0 Å². The third-order valence-corrected chi connectivity index (χ3v) is 2.28. The maximum atomic E-state index is 3.87. The Hall–Kier alpha value is -0.261. The van der Waals surface area contributed by atoms with Gasteiger partial charge >= 0.3 is 17.1 Å². The molecule has 0 saturated heterocycles. The predicted molar refractivity (Wildman–Crippen MR) is 75.0 cm³/mol. The summed E-state index contributed by atoms with van der Waals surface area (Å²) in [4.78, 5) is 0. The fourth-order valence-electron chi connectivity index (χ4n) is 1.34. The van der Waals surface area contributed by atoms with Gasteiger partial charge in [-0.15, -0.1) is 0 Å². The van der Waals surface area contributed by atoms with Gasteiger partial charge in [-0.1, -0.05) is 30.9 Å². The van der Waals surface area contributed by atoms with Gasteiger partial charge in [0.15, 0.2) is 0 Å². The zero-order chi connectivity index (χ0) is 12.5. The Labute approximate surface area is 124 Å². The van der Waals surface area contributed by atoms with Crippen molar-refractivity contribution in [3.8, 4) is 0 Å². The second kappa shape index (κ2) is 10.6. The average molecular weight is 278 g/mol. The monoisotopic (exact) mass is 278 g/mol. The molecule has 2 aliphatic carbocycles. The summed E-state index contributed by atoms with van der Waals surface area (Å²) in [6.07, 6.45) is 22.1. The molecule has 0 atom stereocenters. The van der Waals surface area contributed by atoms with Crippen LogP contribution in [0.25, 0.3) is 0 Å². The summed E-state index contributed by atoms with van der Waals surface area (Å²) in [5.74, 6) is 1.20. The molecule has 0 N–H and O–H groups in total. The van der Waals surface area contributed by atoms with Crippen LogP contribution in [0, 0.1) is 63.7 Å². The third-order valence-electron chi connectivity index (χ3n) is 2.28. The van der Waals surface area contributed by atoms with Crippen LogP contribution in [0.2, 0.25) is 0 Å². The molecule has 2 rings (SSSR count). The molecule has 0 aliphatic heterocycles. The number of allylic oxidation sites excluding steroid dienone is 4. The third kappa shape index (κ3) is 7.24. The molecule has 0 heterocycles. The van der Waals surface area contributed by atoms with Gasteiger partial charge in [-0.05, 0) is 70.3 Å². The molecule has 0 aromatic carbocycles. The molecule has 0 bridgehead atoms. The Morgan fingerprint density at radius 1 is 0.944 bits per heavy atom. The minimum absolute atomic E-state index is 0. The molecule has 2 aliphatic rings. The fraction of sp³-hybridized carbons (Fsp3) is 0.0588. The molecule has 0 aromatic heterocycles. The van der Waals surface area contributed by atoms with E-state index in [1.807, 2.05) is 57.9 Å². The molecule has 1 heteroatoms. The second-order valence-electron chi connectivity index (χ2n) is 3.76. The molecule has 10 radical (unpaired) electrons. The van der Waals surface area contributed by atoms with Gasteiger partial charge in [0.2, 0.25) is 0 Å². The van der Waals surface area contributed by atoms with Crippen LogP contribution >= 0.6 is 0 Å². The van der Waals surface area contributed by atoms with E-state index in [9.17, 15) is 0 Å². The molecular formula is C17H18Fe+2. The molecule has 0 amide bonds. The van der Waals surface area contributed by atoms with E-state index in [1.54, 1.807) is 0 Å². The Morgan fingerprint density at radius 2 is 1.39 bits per heavy atom. The second-order valence-corrected chi connectivity index (χ2v) is 3.76. The van der Waals surface area contributed by atoms with Crippen LogP contribution in [-0.2, 0) is 17.1 Å². The van der Waals surface area contributed by atoms with Crippen LogP contribution in [0.1, 0.15) is 6.92 Å².